The van der Waals surface area contributed by atoms with Crippen LogP contribution in [-0.4, -0.2) is 52.4 Å². The molecule has 0 saturated carbocycles. The lowest BCUT2D eigenvalue weighted by atomic mass is 10.0. The summed E-state index contributed by atoms with van der Waals surface area (Å²) in [6.45, 7) is 3.93. The Morgan fingerprint density at radius 3 is 2.49 bits per heavy atom. The summed E-state index contributed by atoms with van der Waals surface area (Å²) in [5.74, 6) is 0.238. The first-order chi connectivity index (χ1) is 17.1. The van der Waals surface area contributed by atoms with Gasteiger partial charge in [-0.1, -0.05) is 36.8 Å². The number of rotatable bonds is 8. The van der Waals surface area contributed by atoms with Crippen molar-refractivity contribution in [1.29, 1.82) is 0 Å². The van der Waals surface area contributed by atoms with Crippen molar-refractivity contribution >= 4 is 29.5 Å². The van der Waals surface area contributed by atoms with E-state index in [0.717, 1.165) is 35.6 Å². The smallest absolute Gasteiger partial charge is 0.255 e. The number of fused-ring (bicyclic) bond motifs is 1. The quantitative estimate of drug-likeness (QED) is 0.341. The zero-order chi connectivity index (χ0) is 24.2. The van der Waals surface area contributed by atoms with Gasteiger partial charge in [-0.15, -0.1) is 11.8 Å². The van der Waals surface area contributed by atoms with E-state index in [0.29, 0.717) is 18.5 Å². The molecule has 2 aromatic carbocycles. The van der Waals surface area contributed by atoms with Crippen LogP contribution in [-0.2, 0) is 29.1 Å². The van der Waals surface area contributed by atoms with E-state index in [2.05, 4.69) is 40.5 Å². The average Bonchev–Trinajstić information content (AvgIpc) is 3.20. The summed E-state index contributed by atoms with van der Waals surface area (Å²) in [4.78, 5) is 42.1. The van der Waals surface area contributed by atoms with Crippen LogP contribution in [0.2, 0.25) is 0 Å². The van der Waals surface area contributed by atoms with Gasteiger partial charge in [0.25, 0.3) is 5.91 Å². The summed E-state index contributed by atoms with van der Waals surface area (Å²) in [5.41, 5.74) is 4.46. The van der Waals surface area contributed by atoms with Crippen molar-refractivity contribution in [2.24, 2.45) is 0 Å². The Morgan fingerprint density at radius 1 is 0.943 bits per heavy atom. The van der Waals surface area contributed by atoms with Crippen LogP contribution in [0.25, 0.3) is 0 Å². The van der Waals surface area contributed by atoms with Crippen LogP contribution < -0.4 is 5.32 Å². The van der Waals surface area contributed by atoms with Crippen LogP contribution in [0.3, 0.4) is 0 Å². The van der Waals surface area contributed by atoms with Crippen LogP contribution in [0.1, 0.15) is 65.6 Å². The van der Waals surface area contributed by atoms with Crippen molar-refractivity contribution in [2.45, 2.75) is 69.0 Å². The first-order valence-corrected chi connectivity index (χ1v) is 13.8. The van der Waals surface area contributed by atoms with Gasteiger partial charge in [-0.2, -0.15) is 0 Å². The van der Waals surface area contributed by atoms with Crippen molar-refractivity contribution in [3.8, 4) is 0 Å². The number of benzene rings is 2. The highest BCUT2D eigenvalue weighted by atomic mass is 32.2. The minimum absolute atomic E-state index is 0.110. The number of aryl methyl sites for hydroxylation is 1. The first kappa shape index (κ1) is 24.1. The Kier molecular flexibility index (Phi) is 7.54. The second kappa shape index (κ2) is 11.0. The van der Waals surface area contributed by atoms with Crippen LogP contribution >= 0.6 is 11.8 Å². The second-order valence-corrected chi connectivity index (χ2v) is 10.9. The molecule has 2 aromatic rings. The molecular weight excluding hydrogens is 458 g/mol. The molecule has 6 nitrogen and oxygen atoms in total. The monoisotopic (exact) mass is 491 g/mol. The van der Waals surface area contributed by atoms with Crippen LogP contribution in [0.15, 0.2) is 47.4 Å². The van der Waals surface area contributed by atoms with E-state index in [1.54, 1.807) is 16.7 Å². The average molecular weight is 492 g/mol. The lowest BCUT2D eigenvalue weighted by Crippen LogP contribution is -2.52. The van der Waals surface area contributed by atoms with Gasteiger partial charge in [-0.3, -0.25) is 24.6 Å². The molecule has 1 atom stereocenters. The van der Waals surface area contributed by atoms with Crippen molar-refractivity contribution in [3.63, 3.8) is 0 Å². The van der Waals surface area contributed by atoms with Gasteiger partial charge in [0.05, 0.1) is 0 Å². The van der Waals surface area contributed by atoms with Crippen molar-refractivity contribution in [3.05, 3.63) is 64.7 Å². The van der Waals surface area contributed by atoms with Gasteiger partial charge in [-0.05, 0) is 79.8 Å². The number of carbonyl (C=O) groups excluding carboxylic acids is 3. The van der Waals surface area contributed by atoms with Crippen LogP contribution in [0.4, 0.5) is 0 Å². The minimum atomic E-state index is -0.566. The summed E-state index contributed by atoms with van der Waals surface area (Å²) in [7, 11) is 0. The predicted molar refractivity (Wildman–Crippen MR) is 137 cm³/mol. The number of nitrogens with zero attached hydrogens (tertiary/aromatic N) is 2. The Hall–Kier alpha value is -2.64. The second-order valence-electron chi connectivity index (χ2n) is 9.79. The zero-order valence-electron chi connectivity index (χ0n) is 20.1. The minimum Gasteiger partial charge on any atom is -0.322 e. The van der Waals surface area contributed by atoms with Crippen molar-refractivity contribution < 1.29 is 14.4 Å². The van der Waals surface area contributed by atoms with E-state index in [1.807, 2.05) is 12.1 Å². The number of likely N-dealkylation sites (tertiary alicyclic amines) is 1. The van der Waals surface area contributed by atoms with Gasteiger partial charge in [-0.25, -0.2) is 0 Å². The Labute approximate surface area is 211 Å². The Morgan fingerprint density at radius 2 is 1.71 bits per heavy atom. The fourth-order valence-corrected chi connectivity index (χ4v) is 6.37. The maximum atomic E-state index is 13.0. The van der Waals surface area contributed by atoms with E-state index in [-0.39, 0.29) is 24.1 Å². The molecule has 5 rings (SSSR count). The van der Waals surface area contributed by atoms with E-state index in [9.17, 15) is 14.4 Å². The molecule has 3 amide bonds. The SMILES string of the molecule is O=C1CCC(N2Cc3c(SCCCc4ccc(CN5CCCCC5)cc4)cccc3C2=O)C(=O)N1. The third-order valence-corrected chi connectivity index (χ3v) is 8.47. The molecule has 0 bridgehead atoms. The molecule has 1 unspecified atom stereocenters. The fraction of sp³-hybridized carbons (Fsp3) is 0.464. The van der Waals surface area contributed by atoms with Crippen LogP contribution in [0.5, 0.6) is 0 Å². The number of hydrogen-bond donors (Lipinski definition) is 1. The number of hydrogen-bond acceptors (Lipinski definition) is 5. The maximum Gasteiger partial charge on any atom is 0.255 e. The third-order valence-electron chi connectivity index (χ3n) is 7.28. The first-order valence-electron chi connectivity index (χ1n) is 12.8. The lowest BCUT2D eigenvalue weighted by molar-refractivity contribution is -0.136. The summed E-state index contributed by atoms with van der Waals surface area (Å²) in [6, 6.07) is 14.4. The van der Waals surface area contributed by atoms with Gasteiger partial charge in [0.15, 0.2) is 0 Å². The normalized spacial score (nSPS) is 20.7. The summed E-state index contributed by atoms with van der Waals surface area (Å²) in [6.07, 6.45) is 6.78. The summed E-state index contributed by atoms with van der Waals surface area (Å²) < 4.78 is 0. The molecule has 2 fully saturated rings. The Balaban J connectivity index is 1.13. The maximum absolute atomic E-state index is 13.0. The van der Waals surface area contributed by atoms with Gasteiger partial charge in [0.1, 0.15) is 6.04 Å². The highest BCUT2D eigenvalue weighted by molar-refractivity contribution is 7.99. The largest absolute Gasteiger partial charge is 0.322 e. The van der Waals surface area contributed by atoms with Gasteiger partial charge in [0, 0.05) is 30.0 Å². The van der Waals surface area contributed by atoms with Gasteiger partial charge < -0.3 is 4.90 Å². The molecule has 0 radical (unpaired) electrons. The highest BCUT2D eigenvalue weighted by Gasteiger charge is 2.39. The molecule has 184 valence electrons. The molecule has 2 saturated heterocycles. The lowest BCUT2D eigenvalue weighted by Gasteiger charge is -2.29. The fourth-order valence-electron chi connectivity index (χ4n) is 5.34. The molecule has 7 heteroatoms. The number of piperidine rings is 2. The van der Waals surface area contributed by atoms with E-state index >= 15 is 0 Å². The number of nitrogens with one attached hydrogen (secondary N) is 1. The topological polar surface area (TPSA) is 69.7 Å². The molecule has 0 aromatic heterocycles. The zero-order valence-corrected chi connectivity index (χ0v) is 20.9. The predicted octanol–water partition coefficient (Wildman–Crippen LogP) is 4.16. The summed E-state index contributed by atoms with van der Waals surface area (Å²) in [5, 5.41) is 2.37. The molecule has 0 aliphatic carbocycles. The molecular formula is C28H33N3O3S. The van der Waals surface area contributed by atoms with Crippen molar-refractivity contribution in [1.82, 2.24) is 15.1 Å². The highest BCUT2D eigenvalue weighted by Crippen LogP contribution is 2.34. The van der Waals surface area contributed by atoms with E-state index in [4.69, 9.17) is 0 Å². The molecule has 3 aliphatic heterocycles. The molecule has 3 aliphatic rings. The molecule has 35 heavy (non-hydrogen) atoms. The van der Waals surface area contributed by atoms with Crippen LogP contribution in [0, 0.1) is 0 Å². The number of carbonyl (C=O) groups is 3. The summed E-state index contributed by atoms with van der Waals surface area (Å²) >= 11 is 1.78. The van der Waals surface area contributed by atoms with Crippen molar-refractivity contribution in [2.75, 3.05) is 18.8 Å². The number of imide groups is 1. The molecule has 1 N–H and O–H groups in total. The van der Waals surface area contributed by atoms with E-state index < -0.39 is 6.04 Å². The molecule has 0 spiro atoms. The Bertz CT molecular complexity index is 1100. The number of amides is 3. The van der Waals surface area contributed by atoms with E-state index in [1.165, 1.54) is 43.5 Å². The van der Waals surface area contributed by atoms with Gasteiger partial charge in [0.2, 0.25) is 11.8 Å². The molecule has 3 heterocycles. The van der Waals surface area contributed by atoms with Gasteiger partial charge >= 0.3 is 0 Å². The standard InChI is InChI=1S/C28H33N3O3S/c32-26-14-13-24(27(33)29-26)31-19-23-22(28(31)34)7-4-8-25(23)35-17-5-6-20-9-11-21(12-10-20)18-30-15-2-1-3-16-30/h4,7-12,24H,1-3,5-6,13-19H2,(H,29,32,33). The number of thioether (sulfide) groups is 1. The third kappa shape index (κ3) is 5.62.